The average molecular weight is 227 g/mol. The summed E-state index contributed by atoms with van der Waals surface area (Å²) in [6.07, 6.45) is 2.70. The van der Waals surface area contributed by atoms with Crippen molar-refractivity contribution in [2.45, 2.75) is 52.6 Å². The van der Waals surface area contributed by atoms with Crippen LogP contribution < -0.4 is 0 Å². The molecule has 1 fully saturated rings. The molecule has 0 spiro atoms. The highest BCUT2D eigenvalue weighted by Crippen LogP contribution is 2.31. The molecule has 0 aromatic carbocycles. The van der Waals surface area contributed by atoms with Gasteiger partial charge in [0.05, 0.1) is 13.0 Å². The van der Waals surface area contributed by atoms with Crippen molar-refractivity contribution in [1.29, 1.82) is 0 Å². The molecular formula is C13H25NO2. The Kier molecular flexibility index (Phi) is 4.78. The number of methoxy groups -OCH3 is 1. The van der Waals surface area contributed by atoms with Crippen LogP contribution in [0.4, 0.5) is 0 Å². The second-order valence-corrected chi connectivity index (χ2v) is 5.29. The van der Waals surface area contributed by atoms with E-state index in [4.69, 9.17) is 4.74 Å². The van der Waals surface area contributed by atoms with Crippen LogP contribution in [-0.4, -0.2) is 36.6 Å². The third-order valence-electron chi connectivity index (χ3n) is 3.65. The number of esters is 1. The SMILES string of the molecule is COC(=O)C(C)C(C)N(CC1CC1)C(C)C. The second kappa shape index (κ2) is 5.67. The highest BCUT2D eigenvalue weighted by molar-refractivity contribution is 5.72. The minimum Gasteiger partial charge on any atom is -0.469 e. The average Bonchev–Trinajstić information content (AvgIpc) is 3.06. The maximum Gasteiger partial charge on any atom is 0.309 e. The molecule has 3 heteroatoms. The summed E-state index contributed by atoms with van der Waals surface area (Å²) in [4.78, 5) is 14.0. The molecule has 0 aromatic heterocycles. The van der Waals surface area contributed by atoms with Crippen LogP contribution in [0.25, 0.3) is 0 Å². The Labute approximate surface area is 99.1 Å². The van der Waals surface area contributed by atoms with Gasteiger partial charge in [-0.1, -0.05) is 6.92 Å². The molecule has 94 valence electrons. The lowest BCUT2D eigenvalue weighted by Crippen LogP contribution is -2.45. The fraction of sp³-hybridized carbons (Fsp3) is 0.923. The van der Waals surface area contributed by atoms with Gasteiger partial charge in [0.1, 0.15) is 0 Å². The second-order valence-electron chi connectivity index (χ2n) is 5.29. The zero-order valence-corrected chi connectivity index (χ0v) is 11.2. The fourth-order valence-electron chi connectivity index (χ4n) is 2.12. The third-order valence-corrected chi connectivity index (χ3v) is 3.65. The molecule has 0 N–H and O–H groups in total. The van der Waals surface area contributed by atoms with E-state index < -0.39 is 0 Å². The van der Waals surface area contributed by atoms with Crippen LogP contribution >= 0.6 is 0 Å². The molecule has 1 saturated carbocycles. The van der Waals surface area contributed by atoms with Crippen molar-refractivity contribution < 1.29 is 9.53 Å². The highest BCUT2D eigenvalue weighted by atomic mass is 16.5. The number of ether oxygens (including phenoxy) is 1. The van der Waals surface area contributed by atoms with Gasteiger partial charge in [-0.3, -0.25) is 9.69 Å². The summed E-state index contributed by atoms with van der Waals surface area (Å²) in [7, 11) is 1.46. The van der Waals surface area contributed by atoms with E-state index >= 15 is 0 Å². The molecule has 0 aliphatic heterocycles. The summed E-state index contributed by atoms with van der Waals surface area (Å²) in [5.41, 5.74) is 0. The fourth-order valence-corrected chi connectivity index (χ4v) is 2.12. The van der Waals surface area contributed by atoms with Crippen LogP contribution in [0, 0.1) is 11.8 Å². The summed E-state index contributed by atoms with van der Waals surface area (Å²) >= 11 is 0. The van der Waals surface area contributed by atoms with Crippen LogP contribution in [0.2, 0.25) is 0 Å². The predicted molar refractivity (Wildman–Crippen MR) is 65.2 cm³/mol. The first-order chi connectivity index (χ1) is 7.47. The lowest BCUT2D eigenvalue weighted by Gasteiger charge is -2.35. The first-order valence-electron chi connectivity index (χ1n) is 6.31. The molecule has 0 radical (unpaired) electrons. The Morgan fingerprint density at radius 3 is 2.25 bits per heavy atom. The van der Waals surface area contributed by atoms with Gasteiger partial charge in [-0.15, -0.1) is 0 Å². The summed E-state index contributed by atoms with van der Waals surface area (Å²) < 4.78 is 4.82. The lowest BCUT2D eigenvalue weighted by atomic mass is 10.0. The zero-order chi connectivity index (χ0) is 12.3. The molecule has 2 atom stereocenters. The molecule has 1 rings (SSSR count). The van der Waals surface area contributed by atoms with Gasteiger partial charge in [-0.05, 0) is 39.5 Å². The Bertz CT molecular complexity index is 236. The Morgan fingerprint density at radius 1 is 1.31 bits per heavy atom. The van der Waals surface area contributed by atoms with Gasteiger partial charge in [0.25, 0.3) is 0 Å². The number of hydrogen-bond acceptors (Lipinski definition) is 3. The van der Waals surface area contributed by atoms with E-state index in [1.807, 2.05) is 6.92 Å². The van der Waals surface area contributed by atoms with Gasteiger partial charge in [-0.25, -0.2) is 0 Å². The van der Waals surface area contributed by atoms with Crippen molar-refractivity contribution in [1.82, 2.24) is 4.90 Å². The minimum absolute atomic E-state index is 0.0499. The molecule has 0 heterocycles. The van der Waals surface area contributed by atoms with E-state index in [2.05, 4.69) is 25.7 Å². The highest BCUT2D eigenvalue weighted by Gasteiger charge is 2.32. The van der Waals surface area contributed by atoms with Crippen molar-refractivity contribution in [3.8, 4) is 0 Å². The van der Waals surface area contributed by atoms with E-state index in [-0.39, 0.29) is 17.9 Å². The van der Waals surface area contributed by atoms with Crippen molar-refractivity contribution in [3.63, 3.8) is 0 Å². The van der Waals surface area contributed by atoms with Gasteiger partial charge < -0.3 is 4.74 Å². The van der Waals surface area contributed by atoms with Crippen LogP contribution in [0.1, 0.15) is 40.5 Å². The molecule has 16 heavy (non-hydrogen) atoms. The topological polar surface area (TPSA) is 29.5 Å². The quantitative estimate of drug-likeness (QED) is 0.652. The molecule has 0 aromatic rings. The monoisotopic (exact) mass is 227 g/mol. The van der Waals surface area contributed by atoms with Crippen molar-refractivity contribution in [2.75, 3.05) is 13.7 Å². The molecule has 0 saturated heterocycles. The van der Waals surface area contributed by atoms with E-state index in [1.54, 1.807) is 0 Å². The maximum atomic E-state index is 11.5. The first kappa shape index (κ1) is 13.5. The van der Waals surface area contributed by atoms with Crippen molar-refractivity contribution in [2.24, 2.45) is 11.8 Å². The van der Waals surface area contributed by atoms with Crippen molar-refractivity contribution in [3.05, 3.63) is 0 Å². The largest absolute Gasteiger partial charge is 0.469 e. The summed E-state index contributed by atoms with van der Waals surface area (Å²) in [6.45, 7) is 9.61. The van der Waals surface area contributed by atoms with Crippen LogP contribution in [0.15, 0.2) is 0 Å². The van der Waals surface area contributed by atoms with E-state index in [9.17, 15) is 4.79 Å². The normalized spacial score (nSPS) is 19.9. The molecule has 0 amide bonds. The van der Waals surface area contributed by atoms with Crippen LogP contribution in [0.5, 0.6) is 0 Å². The predicted octanol–water partition coefficient (Wildman–Crippen LogP) is 2.30. The Morgan fingerprint density at radius 2 is 1.88 bits per heavy atom. The van der Waals surface area contributed by atoms with Gasteiger partial charge in [-0.2, -0.15) is 0 Å². The van der Waals surface area contributed by atoms with Crippen LogP contribution in [-0.2, 0) is 9.53 Å². The summed E-state index contributed by atoms with van der Waals surface area (Å²) in [5.74, 6) is 0.704. The number of carbonyl (C=O) groups excluding carboxylic acids is 1. The summed E-state index contributed by atoms with van der Waals surface area (Å²) in [6, 6.07) is 0.746. The zero-order valence-electron chi connectivity index (χ0n) is 11.2. The van der Waals surface area contributed by atoms with E-state index in [0.717, 1.165) is 12.5 Å². The molecular weight excluding hydrogens is 202 g/mol. The van der Waals surface area contributed by atoms with Crippen molar-refractivity contribution >= 4 is 5.97 Å². The van der Waals surface area contributed by atoms with Gasteiger partial charge in [0.2, 0.25) is 0 Å². The number of nitrogens with zero attached hydrogens (tertiary/aromatic N) is 1. The molecule has 0 bridgehead atoms. The van der Waals surface area contributed by atoms with E-state index in [1.165, 1.54) is 20.0 Å². The maximum absolute atomic E-state index is 11.5. The first-order valence-corrected chi connectivity index (χ1v) is 6.31. The number of carbonyl (C=O) groups is 1. The van der Waals surface area contributed by atoms with Gasteiger partial charge in [0, 0.05) is 18.6 Å². The molecule has 3 nitrogen and oxygen atoms in total. The molecule has 2 unspecified atom stereocenters. The van der Waals surface area contributed by atoms with Gasteiger partial charge >= 0.3 is 5.97 Å². The minimum atomic E-state index is -0.103. The van der Waals surface area contributed by atoms with Crippen LogP contribution in [0.3, 0.4) is 0 Å². The Hall–Kier alpha value is -0.570. The smallest absolute Gasteiger partial charge is 0.309 e. The van der Waals surface area contributed by atoms with Gasteiger partial charge in [0.15, 0.2) is 0 Å². The number of rotatable bonds is 6. The van der Waals surface area contributed by atoms with E-state index in [0.29, 0.717) is 6.04 Å². The molecule has 1 aliphatic rings. The molecule has 1 aliphatic carbocycles. The lowest BCUT2D eigenvalue weighted by molar-refractivity contribution is -0.147. The standard InChI is InChI=1S/C13H25NO2/c1-9(2)14(8-12-6-7-12)11(4)10(3)13(15)16-5/h9-12H,6-8H2,1-5H3. The Balaban J connectivity index is 2.57. The third kappa shape index (κ3) is 3.48. The number of hydrogen-bond donors (Lipinski definition) is 0. The summed E-state index contributed by atoms with van der Waals surface area (Å²) in [5, 5.41) is 0.